The minimum Gasteiger partial charge on any atom is -0.482 e. The van der Waals surface area contributed by atoms with Gasteiger partial charge >= 0.3 is 0 Å². The first-order chi connectivity index (χ1) is 11.6. The lowest BCUT2D eigenvalue weighted by molar-refractivity contribution is -0.122. The highest BCUT2D eigenvalue weighted by atomic mass is 16.5. The largest absolute Gasteiger partial charge is 0.482 e. The van der Waals surface area contributed by atoms with E-state index in [0.29, 0.717) is 18.8 Å². The predicted octanol–water partition coefficient (Wildman–Crippen LogP) is 2.43. The van der Waals surface area contributed by atoms with E-state index in [1.165, 1.54) is 0 Å². The molecule has 1 aliphatic rings. The second-order valence-electron chi connectivity index (χ2n) is 5.82. The van der Waals surface area contributed by atoms with E-state index >= 15 is 0 Å². The molecule has 0 saturated heterocycles. The van der Waals surface area contributed by atoms with Gasteiger partial charge < -0.3 is 15.0 Å². The van der Waals surface area contributed by atoms with Crippen LogP contribution in [0, 0.1) is 6.92 Å². The molecular weight excluding hydrogens is 304 g/mol. The molecule has 0 aliphatic carbocycles. The highest BCUT2D eigenvalue weighted by molar-refractivity contribution is 5.98. The summed E-state index contributed by atoms with van der Waals surface area (Å²) in [6.45, 7) is 2.82. The molecule has 0 atom stereocenters. The zero-order chi connectivity index (χ0) is 16.9. The van der Waals surface area contributed by atoms with Gasteiger partial charge in [0.1, 0.15) is 5.75 Å². The van der Waals surface area contributed by atoms with E-state index in [-0.39, 0.29) is 24.8 Å². The highest BCUT2D eigenvalue weighted by Gasteiger charge is 2.25. The number of nitrogens with zero attached hydrogens (tertiary/aromatic N) is 1. The van der Waals surface area contributed by atoms with Gasteiger partial charge in [-0.3, -0.25) is 9.59 Å². The number of fused-ring (bicyclic) bond motifs is 1. The number of nitrogens with one attached hydrogen (secondary N) is 1. The number of aryl methyl sites for hydroxylation is 1. The SMILES string of the molecule is Cc1ccc2c(c1)N(CCC(=O)NCc1ccccc1)C(=O)CO2. The molecule has 3 rings (SSSR count). The Morgan fingerprint density at radius 1 is 1.21 bits per heavy atom. The van der Waals surface area contributed by atoms with Crippen LogP contribution in [0.5, 0.6) is 5.75 Å². The molecule has 5 nitrogen and oxygen atoms in total. The number of amides is 2. The van der Waals surface area contributed by atoms with Crippen LogP contribution in [0.25, 0.3) is 0 Å². The molecule has 24 heavy (non-hydrogen) atoms. The number of carbonyl (C=O) groups excluding carboxylic acids is 2. The van der Waals surface area contributed by atoms with Crippen molar-refractivity contribution in [3.05, 3.63) is 59.7 Å². The van der Waals surface area contributed by atoms with Crippen LogP contribution in [-0.2, 0) is 16.1 Å². The van der Waals surface area contributed by atoms with Crippen LogP contribution in [-0.4, -0.2) is 25.0 Å². The molecule has 0 radical (unpaired) electrons. The van der Waals surface area contributed by atoms with Gasteiger partial charge in [-0.25, -0.2) is 0 Å². The van der Waals surface area contributed by atoms with E-state index in [2.05, 4.69) is 5.32 Å². The van der Waals surface area contributed by atoms with Crippen LogP contribution in [0.3, 0.4) is 0 Å². The van der Waals surface area contributed by atoms with Crippen molar-refractivity contribution in [3.63, 3.8) is 0 Å². The third-order valence-electron chi connectivity index (χ3n) is 3.95. The summed E-state index contributed by atoms with van der Waals surface area (Å²) in [6, 6.07) is 15.5. The lowest BCUT2D eigenvalue weighted by atomic mass is 10.1. The minimum absolute atomic E-state index is 0.0156. The van der Waals surface area contributed by atoms with Crippen LogP contribution in [0.1, 0.15) is 17.5 Å². The fourth-order valence-corrected chi connectivity index (χ4v) is 2.66. The first kappa shape index (κ1) is 16.1. The van der Waals surface area contributed by atoms with Crippen molar-refractivity contribution in [2.45, 2.75) is 19.9 Å². The van der Waals surface area contributed by atoms with Crippen molar-refractivity contribution < 1.29 is 14.3 Å². The number of anilines is 1. The van der Waals surface area contributed by atoms with Gasteiger partial charge in [0.25, 0.3) is 5.91 Å². The molecule has 0 saturated carbocycles. The summed E-state index contributed by atoms with van der Waals surface area (Å²) >= 11 is 0. The second kappa shape index (κ2) is 7.17. The van der Waals surface area contributed by atoms with Gasteiger partial charge in [-0.15, -0.1) is 0 Å². The van der Waals surface area contributed by atoms with Gasteiger partial charge in [0, 0.05) is 19.5 Å². The Balaban J connectivity index is 1.59. The maximum Gasteiger partial charge on any atom is 0.265 e. The van der Waals surface area contributed by atoms with Crippen molar-refractivity contribution in [2.24, 2.45) is 0 Å². The van der Waals surface area contributed by atoms with Gasteiger partial charge in [-0.1, -0.05) is 36.4 Å². The fourth-order valence-electron chi connectivity index (χ4n) is 2.66. The smallest absolute Gasteiger partial charge is 0.265 e. The van der Waals surface area contributed by atoms with Crippen molar-refractivity contribution in [1.29, 1.82) is 0 Å². The number of benzene rings is 2. The Hall–Kier alpha value is -2.82. The summed E-state index contributed by atoms with van der Waals surface area (Å²) < 4.78 is 5.44. The van der Waals surface area contributed by atoms with E-state index in [1.807, 2.05) is 55.5 Å². The summed E-state index contributed by atoms with van der Waals surface area (Å²) in [7, 11) is 0. The summed E-state index contributed by atoms with van der Waals surface area (Å²) in [6.07, 6.45) is 0.256. The van der Waals surface area contributed by atoms with E-state index in [9.17, 15) is 9.59 Å². The van der Waals surface area contributed by atoms with Crippen LogP contribution >= 0.6 is 0 Å². The average Bonchev–Trinajstić information content (AvgIpc) is 2.60. The maximum absolute atomic E-state index is 12.1. The summed E-state index contributed by atoms with van der Waals surface area (Å²) in [5.41, 5.74) is 2.84. The Bertz CT molecular complexity index is 744. The zero-order valence-corrected chi connectivity index (χ0v) is 13.6. The molecule has 2 amide bonds. The number of rotatable bonds is 5. The summed E-state index contributed by atoms with van der Waals surface area (Å²) in [5, 5.41) is 2.88. The van der Waals surface area contributed by atoms with Gasteiger partial charge in [-0.2, -0.15) is 0 Å². The first-order valence-electron chi connectivity index (χ1n) is 7.98. The van der Waals surface area contributed by atoms with E-state index in [0.717, 1.165) is 16.8 Å². The molecule has 2 aromatic rings. The molecule has 0 aromatic heterocycles. The number of hydrogen-bond donors (Lipinski definition) is 1. The van der Waals surface area contributed by atoms with Crippen molar-refractivity contribution in [2.75, 3.05) is 18.1 Å². The van der Waals surface area contributed by atoms with Crippen molar-refractivity contribution in [1.82, 2.24) is 5.32 Å². The first-order valence-corrected chi connectivity index (χ1v) is 7.98. The quantitative estimate of drug-likeness (QED) is 0.919. The molecule has 1 heterocycles. The maximum atomic E-state index is 12.1. The number of ether oxygens (including phenoxy) is 1. The van der Waals surface area contributed by atoms with Crippen LogP contribution in [0.2, 0.25) is 0 Å². The molecule has 124 valence electrons. The number of hydrogen-bond acceptors (Lipinski definition) is 3. The van der Waals surface area contributed by atoms with E-state index in [4.69, 9.17) is 4.74 Å². The summed E-state index contributed by atoms with van der Waals surface area (Å²) in [5.74, 6) is 0.487. The Morgan fingerprint density at radius 2 is 2.00 bits per heavy atom. The van der Waals surface area contributed by atoms with Gasteiger partial charge in [0.15, 0.2) is 6.61 Å². The molecule has 0 unspecified atom stereocenters. The Labute approximate surface area is 141 Å². The highest BCUT2D eigenvalue weighted by Crippen LogP contribution is 2.32. The zero-order valence-electron chi connectivity index (χ0n) is 13.6. The third-order valence-corrected chi connectivity index (χ3v) is 3.95. The predicted molar refractivity (Wildman–Crippen MR) is 91.9 cm³/mol. The summed E-state index contributed by atoms with van der Waals surface area (Å²) in [4.78, 5) is 25.8. The van der Waals surface area contributed by atoms with E-state index < -0.39 is 0 Å². The van der Waals surface area contributed by atoms with Crippen LogP contribution in [0.4, 0.5) is 5.69 Å². The van der Waals surface area contributed by atoms with Gasteiger partial charge in [0.05, 0.1) is 5.69 Å². The second-order valence-corrected chi connectivity index (χ2v) is 5.82. The molecule has 0 bridgehead atoms. The average molecular weight is 324 g/mol. The lowest BCUT2D eigenvalue weighted by Gasteiger charge is -2.29. The standard InChI is InChI=1S/C19H20N2O3/c1-14-7-8-17-16(11-14)21(19(23)13-24-17)10-9-18(22)20-12-15-5-3-2-4-6-15/h2-8,11H,9-10,12-13H2,1H3,(H,20,22). The fraction of sp³-hybridized carbons (Fsp3) is 0.263. The topological polar surface area (TPSA) is 58.6 Å². The molecule has 5 heteroatoms. The molecular formula is C19H20N2O3. The molecule has 0 spiro atoms. The normalized spacial score (nSPS) is 13.2. The lowest BCUT2D eigenvalue weighted by Crippen LogP contribution is -2.41. The molecule has 0 fully saturated rings. The molecule has 1 aliphatic heterocycles. The minimum atomic E-state index is -0.121. The Morgan fingerprint density at radius 3 is 2.79 bits per heavy atom. The molecule has 1 N–H and O–H groups in total. The monoisotopic (exact) mass is 324 g/mol. The number of carbonyl (C=O) groups is 2. The van der Waals surface area contributed by atoms with Crippen LogP contribution in [0.15, 0.2) is 48.5 Å². The molecule has 2 aromatic carbocycles. The third kappa shape index (κ3) is 3.74. The van der Waals surface area contributed by atoms with Gasteiger partial charge in [-0.05, 0) is 30.2 Å². The van der Waals surface area contributed by atoms with Crippen molar-refractivity contribution in [3.8, 4) is 5.75 Å². The van der Waals surface area contributed by atoms with Crippen LogP contribution < -0.4 is 15.0 Å². The van der Waals surface area contributed by atoms with Crippen molar-refractivity contribution >= 4 is 17.5 Å². The van der Waals surface area contributed by atoms with E-state index in [1.54, 1.807) is 4.90 Å². The van der Waals surface area contributed by atoms with Gasteiger partial charge in [0.2, 0.25) is 5.91 Å². The Kier molecular flexibility index (Phi) is 4.79.